The van der Waals surface area contributed by atoms with E-state index in [0.29, 0.717) is 0 Å². The molecule has 0 aromatic heterocycles. The van der Waals surface area contributed by atoms with Gasteiger partial charge in [0, 0.05) is 31.2 Å². The highest BCUT2D eigenvalue weighted by Crippen LogP contribution is 2.25. The van der Waals surface area contributed by atoms with Crippen molar-refractivity contribution in [1.29, 1.82) is 0 Å². The number of halogens is 1. The van der Waals surface area contributed by atoms with Crippen molar-refractivity contribution in [1.82, 2.24) is 10.2 Å². The first-order valence-corrected chi connectivity index (χ1v) is 5.52. The van der Waals surface area contributed by atoms with Crippen molar-refractivity contribution in [3.63, 3.8) is 0 Å². The zero-order chi connectivity index (χ0) is 9.52. The van der Waals surface area contributed by atoms with E-state index in [0.717, 1.165) is 25.7 Å². The lowest BCUT2D eigenvalue weighted by atomic mass is 10.4. The van der Waals surface area contributed by atoms with Crippen LogP contribution in [0.5, 0.6) is 0 Å². The van der Waals surface area contributed by atoms with Gasteiger partial charge in [-0.1, -0.05) is 24.6 Å². The topological polar surface area (TPSA) is 15.3 Å². The molecule has 1 N–H and O–H groups in total. The maximum absolute atomic E-state index is 5.40. The summed E-state index contributed by atoms with van der Waals surface area (Å²) in [5, 5.41) is 3.32. The average molecular weight is 203 g/mol. The van der Waals surface area contributed by atoms with Gasteiger partial charge < -0.3 is 5.32 Å². The molecule has 0 radical (unpaired) electrons. The van der Waals surface area contributed by atoms with Crippen LogP contribution in [0, 0.1) is 0 Å². The molecule has 3 heteroatoms. The summed E-state index contributed by atoms with van der Waals surface area (Å²) in [6, 6.07) is 0.885. The highest BCUT2D eigenvalue weighted by atomic mass is 35.5. The molecule has 1 rings (SSSR count). The molecular weight excluding hydrogens is 184 g/mol. The van der Waals surface area contributed by atoms with Crippen LogP contribution >= 0.6 is 11.6 Å². The van der Waals surface area contributed by atoms with Crippen molar-refractivity contribution < 1.29 is 0 Å². The first-order valence-electron chi connectivity index (χ1n) is 5.08. The molecule has 0 spiro atoms. The van der Waals surface area contributed by atoms with Crippen LogP contribution < -0.4 is 5.32 Å². The molecule has 1 saturated carbocycles. The number of nitrogens with one attached hydrogen (secondary N) is 1. The fraction of sp³-hybridized carbons (Fsp3) is 0.800. The average Bonchev–Trinajstić information content (AvgIpc) is 2.95. The second-order valence-electron chi connectivity index (χ2n) is 3.43. The summed E-state index contributed by atoms with van der Waals surface area (Å²) in [5.74, 6) is 0. The first kappa shape index (κ1) is 11.0. The molecule has 0 saturated heterocycles. The normalized spacial score (nSPS) is 17.5. The monoisotopic (exact) mass is 202 g/mol. The van der Waals surface area contributed by atoms with Gasteiger partial charge in [0.15, 0.2) is 0 Å². The SMILES string of the molecule is CCN(CCNC/C=C/Cl)C1CC1. The molecular formula is C10H19ClN2. The largest absolute Gasteiger partial charge is 0.312 e. The summed E-state index contributed by atoms with van der Waals surface area (Å²) in [6.07, 6.45) is 4.72. The third kappa shape index (κ3) is 4.65. The van der Waals surface area contributed by atoms with E-state index < -0.39 is 0 Å². The molecule has 0 atom stereocenters. The Balaban J connectivity index is 1.96. The van der Waals surface area contributed by atoms with E-state index >= 15 is 0 Å². The lowest BCUT2D eigenvalue weighted by Crippen LogP contribution is -2.33. The van der Waals surface area contributed by atoms with E-state index in [4.69, 9.17) is 11.6 Å². The minimum absolute atomic E-state index is 0.881. The molecule has 1 aliphatic rings. The van der Waals surface area contributed by atoms with Crippen LogP contribution in [0.3, 0.4) is 0 Å². The summed E-state index contributed by atoms with van der Waals surface area (Å²) < 4.78 is 0. The lowest BCUT2D eigenvalue weighted by molar-refractivity contribution is 0.278. The summed E-state index contributed by atoms with van der Waals surface area (Å²) >= 11 is 5.40. The van der Waals surface area contributed by atoms with Crippen LogP contribution in [0.1, 0.15) is 19.8 Å². The zero-order valence-electron chi connectivity index (χ0n) is 8.30. The summed E-state index contributed by atoms with van der Waals surface area (Å²) in [6.45, 7) is 6.52. The molecule has 0 aliphatic heterocycles. The molecule has 0 aromatic rings. The number of likely N-dealkylation sites (N-methyl/N-ethyl adjacent to an activating group) is 1. The van der Waals surface area contributed by atoms with Gasteiger partial charge in [-0.3, -0.25) is 4.90 Å². The van der Waals surface area contributed by atoms with E-state index in [1.807, 2.05) is 6.08 Å². The Morgan fingerprint density at radius 2 is 2.31 bits per heavy atom. The fourth-order valence-corrected chi connectivity index (χ4v) is 1.58. The summed E-state index contributed by atoms with van der Waals surface area (Å²) in [5.41, 5.74) is 1.56. The number of hydrogen-bond donors (Lipinski definition) is 1. The Labute approximate surface area is 85.9 Å². The molecule has 76 valence electrons. The van der Waals surface area contributed by atoms with Gasteiger partial charge in [0.1, 0.15) is 0 Å². The Bertz CT molecular complexity index is 155. The second kappa shape index (κ2) is 6.41. The lowest BCUT2D eigenvalue weighted by Gasteiger charge is -2.19. The van der Waals surface area contributed by atoms with Gasteiger partial charge in [0.2, 0.25) is 0 Å². The summed E-state index contributed by atoms with van der Waals surface area (Å²) in [4.78, 5) is 2.54. The first-order chi connectivity index (χ1) is 6.38. The molecule has 0 heterocycles. The Kier molecular flexibility index (Phi) is 5.44. The van der Waals surface area contributed by atoms with Gasteiger partial charge in [0.05, 0.1) is 0 Å². The second-order valence-corrected chi connectivity index (χ2v) is 3.68. The molecule has 0 unspecified atom stereocenters. The van der Waals surface area contributed by atoms with E-state index in [9.17, 15) is 0 Å². The molecule has 2 nitrogen and oxygen atoms in total. The fourth-order valence-electron chi connectivity index (χ4n) is 1.49. The predicted octanol–water partition coefficient (Wildman–Crippen LogP) is 1.81. The summed E-state index contributed by atoms with van der Waals surface area (Å²) in [7, 11) is 0. The number of hydrogen-bond acceptors (Lipinski definition) is 2. The van der Waals surface area contributed by atoms with Gasteiger partial charge in [-0.25, -0.2) is 0 Å². The Morgan fingerprint density at radius 1 is 1.54 bits per heavy atom. The van der Waals surface area contributed by atoms with E-state index in [1.165, 1.54) is 19.4 Å². The highest BCUT2D eigenvalue weighted by molar-refractivity contribution is 6.25. The Hall–Kier alpha value is -0.0500. The standard InChI is InChI=1S/C10H19ClN2/c1-2-13(10-4-5-10)9-8-12-7-3-6-11/h3,6,10,12H,2,4-5,7-9H2,1H3/b6-3+. The van der Waals surface area contributed by atoms with Gasteiger partial charge in [-0.2, -0.15) is 0 Å². The smallest absolute Gasteiger partial charge is 0.0147 e. The van der Waals surface area contributed by atoms with Gasteiger partial charge in [-0.05, 0) is 19.4 Å². The molecule has 0 bridgehead atoms. The minimum Gasteiger partial charge on any atom is -0.312 e. The van der Waals surface area contributed by atoms with Crippen molar-refractivity contribution in [2.24, 2.45) is 0 Å². The van der Waals surface area contributed by atoms with Crippen LogP contribution in [0.2, 0.25) is 0 Å². The highest BCUT2D eigenvalue weighted by Gasteiger charge is 2.26. The van der Waals surface area contributed by atoms with Crippen LogP contribution in [-0.2, 0) is 0 Å². The van der Waals surface area contributed by atoms with E-state index in [-0.39, 0.29) is 0 Å². The van der Waals surface area contributed by atoms with Crippen molar-refractivity contribution >= 4 is 11.6 Å². The van der Waals surface area contributed by atoms with Gasteiger partial charge >= 0.3 is 0 Å². The van der Waals surface area contributed by atoms with E-state index in [1.54, 1.807) is 5.54 Å². The van der Waals surface area contributed by atoms with Crippen molar-refractivity contribution in [3.05, 3.63) is 11.6 Å². The minimum atomic E-state index is 0.881. The predicted molar refractivity (Wildman–Crippen MR) is 58.1 cm³/mol. The third-order valence-electron chi connectivity index (χ3n) is 2.40. The number of rotatable bonds is 7. The maximum atomic E-state index is 5.40. The van der Waals surface area contributed by atoms with Crippen molar-refractivity contribution in [2.75, 3.05) is 26.2 Å². The number of nitrogens with zero attached hydrogens (tertiary/aromatic N) is 1. The Morgan fingerprint density at radius 3 is 2.85 bits per heavy atom. The molecule has 0 aromatic carbocycles. The van der Waals surface area contributed by atoms with Gasteiger partial charge in [0.25, 0.3) is 0 Å². The van der Waals surface area contributed by atoms with Crippen molar-refractivity contribution in [2.45, 2.75) is 25.8 Å². The molecule has 1 aliphatic carbocycles. The maximum Gasteiger partial charge on any atom is 0.0147 e. The van der Waals surface area contributed by atoms with E-state index in [2.05, 4.69) is 17.1 Å². The third-order valence-corrected chi connectivity index (χ3v) is 2.57. The molecule has 1 fully saturated rings. The van der Waals surface area contributed by atoms with Crippen LogP contribution in [-0.4, -0.2) is 37.1 Å². The molecule has 13 heavy (non-hydrogen) atoms. The quantitative estimate of drug-likeness (QED) is 0.634. The van der Waals surface area contributed by atoms with Crippen LogP contribution in [0.15, 0.2) is 11.6 Å². The van der Waals surface area contributed by atoms with Crippen LogP contribution in [0.25, 0.3) is 0 Å². The molecule has 0 amide bonds. The van der Waals surface area contributed by atoms with Gasteiger partial charge in [-0.15, -0.1) is 0 Å². The van der Waals surface area contributed by atoms with Crippen molar-refractivity contribution in [3.8, 4) is 0 Å². The zero-order valence-corrected chi connectivity index (χ0v) is 9.06. The van der Waals surface area contributed by atoms with Crippen LogP contribution in [0.4, 0.5) is 0 Å².